The van der Waals surface area contributed by atoms with Crippen molar-refractivity contribution in [3.05, 3.63) is 34.7 Å². The number of aryl methyl sites for hydroxylation is 1. The summed E-state index contributed by atoms with van der Waals surface area (Å²) in [6.45, 7) is 6.90. The average molecular weight is 359 g/mol. The van der Waals surface area contributed by atoms with Gasteiger partial charge in [-0.15, -0.1) is 11.3 Å². The molecule has 3 rings (SSSR count). The first-order valence-corrected chi connectivity index (χ1v) is 9.66. The van der Waals surface area contributed by atoms with Crippen LogP contribution >= 0.6 is 11.3 Å². The number of likely N-dealkylation sites (N-methyl/N-ethyl adjacent to an activating group) is 1. The Morgan fingerprint density at radius 3 is 2.56 bits per heavy atom. The van der Waals surface area contributed by atoms with E-state index in [-0.39, 0.29) is 5.91 Å². The number of nitrogens with zero attached hydrogens (tertiary/aromatic N) is 3. The van der Waals surface area contributed by atoms with Gasteiger partial charge in [0.2, 0.25) is 5.91 Å². The largest absolute Gasteiger partial charge is 0.497 e. The van der Waals surface area contributed by atoms with Crippen LogP contribution in [0, 0.1) is 0 Å². The molecule has 2 aromatic rings. The average Bonchev–Trinajstić information content (AvgIpc) is 3.15. The SMILES string of the molecule is CCN1CCN(C(=O)CCc2nc(-c3ccc(OC)cc3)cs2)CC1. The Kier molecular flexibility index (Phi) is 6.04. The van der Waals surface area contributed by atoms with Crippen LogP contribution in [0.4, 0.5) is 0 Å². The van der Waals surface area contributed by atoms with E-state index in [0.29, 0.717) is 12.8 Å². The van der Waals surface area contributed by atoms with E-state index in [2.05, 4.69) is 22.2 Å². The smallest absolute Gasteiger partial charge is 0.223 e. The van der Waals surface area contributed by atoms with Crippen LogP contribution in [-0.4, -0.2) is 60.5 Å². The summed E-state index contributed by atoms with van der Waals surface area (Å²) in [5.74, 6) is 1.09. The molecule has 134 valence electrons. The molecule has 0 bridgehead atoms. The minimum Gasteiger partial charge on any atom is -0.497 e. The molecule has 5 nitrogen and oxygen atoms in total. The van der Waals surface area contributed by atoms with Gasteiger partial charge in [0.1, 0.15) is 5.75 Å². The van der Waals surface area contributed by atoms with Gasteiger partial charge in [-0.1, -0.05) is 6.92 Å². The first-order chi connectivity index (χ1) is 12.2. The van der Waals surface area contributed by atoms with Gasteiger partial charge >= 0.3 is 0 Å². The highest BCUT2D eigenvalue weighted by Crippen LogP contribution is 2.24. The van der Waals surface area contributed by atoms with E-state index in [4.69, 9.17) is 4.74 Å². The highest BCUT2D eigenvalue weighted by molar-refractivity contribution is 7.09. The fraction of sp³-hybridized carbons (Fsp3) is 0.474. The quantitative estimate of drug-likeness (QED) is 0.796. The lowest BCUT2D eigenvalue weighted by Crippen LogP contribution is -2.48. The van der Waals surface area contributed by atoms with E-state index in [1.807, 2.05) is 29.2 Å². The lowest BCUT2D eigenvalue weighted by molar-refractivity contribution is -0.132. The normalized spacial score (nSPS) is 15.4. The zero-order valence-electron chi connectivity index (χ0n) is 14.9. The third-order valence-electron chi connectivity index (χ3n) is 4.66. The van der Waals surface area contributed by atoms with Crippen molar-refractivity contribution in [2.45, 2.75) is 19.8 Å². The Morgan fingerprint density at radius 1 is 1.20 bits per heavy atom. The van der Waals surface area contributed by atoms with E-state index in [1.165, 1.54) is 0 Å². The van der Waals surface area contributed by atoms with Crippen molar-refractivity contribution in [3.8, 4) is 17.0 Å². The standard InChI is InChI=1S/C19H25N3O2S/c1-3-21-10-12-22(13-11-21)19(23)9-8-18-20-17(14-25-18)15-4-6-16(24-2)7-5-15/h4-7,14H,3,8-13H2,1-2H3. The van der Waals surface area contributed by atoms with Crippen LogP contribution in [0.5, 0.6) is 5.75 Å². The molecule has 1 aliphatic rings. The Balaban J connectivity index is 1.52. The Bertz CT molecular complexity index is 691. The highest BCUT2D eigenvalue weighted by Gasteiger charge is 2.20. The van der Waals surface area contributed by atoms with Crippen LogP contribution in [0.15, 0.2) is 29.6 Å². The van der Waals surface area contributed by atoms with Gasteiger partial charge in [0.15, 0.2) is 0 Å². The number of carbonyl (C=O) groups excluding carboxylic acids is 1. The topological polar surface area (TPSA) is 45.7 Å². The van der Waals surface area contributed by atoms with Gasteiger partial charge in [-0.05, 0) is 30.8 Å². The van der Waals surface area contributed by atoms with Crippen molar-refractivity contribution in [2.75, 3.05) is 39.8 Å². The molecule has 0 unspecified atom stereocenters. The second kappa shape index (κ2) is 8.45. The summed E-state index contributed by atoms with van der Waals surface area (Å²) in [7, 11) is 1.66. The summed E-state index contributed by atoms with van der Waals surface area (Å²) in [5, 5.41) is 3.08. The molecule has 1 aliphatic heterocycles. The van der Waals surface area contributed by atoms with Gasteiger partial charge in [0.25, 0.3) is 0 Å². The lowest BCUT2D eigenvalue weighted by atomic mass is 10.2. The van der Waals surface area contributed by atoms with Gasteiger partial charge in [-0.25, -0.2) is 4.98 Å². The summed E-state index contributed by atoms with van der Waals surface area (Å²) in [6, 6.07) is 7.90. The summed E-state index contributed by atoms with van der Waals surface area (Å²) in [6.07, 6.45) is 1.26. The molecule has 1 aromatic carbocycles. The second-order valence-corrected chi connectivity index (χ2v) is 7.11. The Hall–Kier alpha value is -1.92. The number of hydrogen-bond acceptors (Lipinski definition) is 5. The van der Waals surface area contributed by atoms with Crippen LogP contribution in [0.2, 0.25) is 0 Å². The Morgan fingerprint density at radius 2 is 1.92 bits per heavy atom. The zero-order chi connectivity index (χ0) is 17.6. The molecule has 6 heteroatoms. The lowest BCUT2D eigenvalue weighted by Gasteiger charge is -2.34. The van der Waals surface area contributed by atoms with Crippen LogP contribution < -0.4 is 4.74 Å². The van der Waals surface area contributed by atoms with Crippen molar-refractivity contribution in [3.63, 3.8) is 0 Å². The molecule has 1 aromatic heterocycles. The van der Waals surface area contributed by atoms with Gasteiger partial charge < -0.3 is 14.5 Å². The molecule has 0 atom stereocenters. The third-order valence-corrected chi connectivity index (χ3v) is 5.57. The van der Waals surface area contributed by atoms with E-state index < -0.39 is 0 Å². The van der Waals surface area contributed by atoms with Crippen LogP contribution in [0.1, 0.15) is 18.4 Å². The summed E-state index contributed by atoms with van der Waals surface area (Å²) in [5.41, 5.74) is 2.04. The number of benzene rings is 1. The summed E-state index contributed by atoms with van der Waals surface area (Å²) < 4.78 is 5.18. The van der Waals surface area contributed by atoms with E-state index in [1.54, 1.807) is 18.4 Å². The van der Waals surface area contributed by atoms with Crippen LogP contribution in [0.3, 0.4) is 0 Å². The molecule has 1 saturated heterocycles. The fourth-order valence-electron chi connectivity index (χ4n) is 3.01. The molecular weight excluding hydrogens is 334 g/mol. The van der Waals surface area contributed by atoms with Crippen LogP contribution in [-0.2, 0) is 11.2 Å². The second-order valence-electron chi connectivity index (χ2n) is 6.17. The molecule has 1 fully saturated rings. The van der Waals surface area contributed by atoms with Crippen molar-refractivity contribution < 1.29 is 9.53 Å². The number of carbonyl (C=O) groups is 1. The van der Waals surface area contributed by atoms with E-state index in [9.17, 15) is 4.79 Å². The number of hydrogen-bond donors (Lipinski definition) is 0. The zero-order valence-corrected chi connectivity index (χ0v) is 15.7. The maximum atomic E-state index is 12.4. The Labute approximate surface area is 153 Å². The number of thiazole rings is 1. The predicted octanol–water partition coefficient (Wildman–Crippen LogP) is 2.92. The summed E-state index contributed by atoms with van der Waals surface area (Å²) in [4.78, 5) is 21.4. The molecule has 0 saturated carbocycles. The molecule has 1 amide bonds. The van der Waals surface area contributed by atoms with Crippen molar-refractivity contribution in [1.29, 1.82) is 0 Å². The maximum Gasteiger partial charge on any atom is 0.223 e. The minimum absolute atomic E-state index is 0.247. The molecule has 2 heterocycles. The number of piperazine rings is 1. The molecule has 0 radical (unpaired) electrons. The van der Waals surface area contributed by atoms with Crippen molar-refractivity contribution >= 4 is 17.2 Å². The number of ether oxygens (including phenoxy) is 1. The van der Waals surface area contributed by atoms with Gasteiger partial charge in [-0.2, -0.15) is 0 Å². The predicted molar refractivity (Wildman–Crippen MR) is 101 cm³/mol. The molecule has 0 aliphatic carbocycles. The number of rotatable bonds is 6. The molecule has 0 N–H and O–H groups in total. The highest BCUT2D eigenvalue weighted by atomic mass is 32.1. The summed E-state index contributed by atoms with van der Waals surface area (Å²) >= 11 is 1.63. The first kappa shape index (κ1) is 17.9. The van der Waals surface area contributed by atoms with Gasteiger partial charge in [0.05, 0.1) is 17.8 Å². The van der Waals surface area contributed by atoms with Gasteiger partial charge in [-0.3, -0.25) is 4.79 Å². The van der Waals surface area contributed by atoms with Crippen molar-refractivity contribution in [1.82, 2.24) is 14.8 Å². The molecule has 25 heavy (non-hydrogen) atoms. The van der Waals surface area contributed by atoms with E-state index in [0.717, 1.165) is 54.7 Å². The molecular formula is C19H25N3O2S. The van der Waals surface area contributed by atoms with Crippen molar-refractivity contribution in [2.24, 2.45) is 0 Å². The first-order valence-electron chi connectivity index (χ1n) is 8.78. The van der Waals surface area contributed by atoms with E-state index >= 15 is 0 Å². The minimum atomic E-state index is 0.247. The number of aromatic nitrogens is 1. The number of methoxy groups -OCH3 is 1. The number of amides is 1. The van der Waals surface area contributed by atoms with Crippen LogP contribution in [0.25, 0.3) is 11.3 Å². The van der Waals surface area contributed by atoms with Gasteiger partial charge in [0, 0.05) is 50.0 Å². The molecule has 0 spiro atoms. The monoisotopic (exact) mass is 359 g/mol. The fourth-order valence-corrected chi connectivity index (χ4v) is 3.81. The maximum absolute atomic E-state index is 12.4. The third kappa shape index (κ3) is 4.58.